The van der Waals surface area contributed by atoms with Gasteiger partial charge in [0.05, 0.1) is 12.7 Å². The Morgan fingerprint density at radius 1 is 1.21 bits per heavy atom. The maximum Gasteiger partial charge on any atom is 0.254 e. The second kappa shape index (κ2) is 9.34. The number of benzene rings is 1. The summed E-state index contributed by atoms with van der Waals surface area (Å²) in [5.74, 6) is 1.42. The first-order valence-electron chi connectivity index (χ1n) is 7.50. The van der Waals surface area contributed by atoms with Gasteiger partial charge in [-0.15, -0.1) is 23.1 Å². The quantitative estimate of drug-likeness (QED) is 0.554. The highest BCUT2D eigenvalue weighted by molar-refractivity contribution is 7.99. The highest BCUT2D eigenvalue weighted by atomic mass is 32.2. The van der Waals surface area contributed by atoms with Crippen LogP contribution in [-0.4, -0.2) is 31.7 Å². The Balaban J connectivity index is 1.73. The Morgan fingerprint density at radius 3 is 2.62 bits per heavy atom. The van der Waals surface area contributed by atoms with Crippen molar-refractivity contribution < 1.29 is 14.3 Å². The van der Waals surface area contributed by atoms with Crippen LogP contribution in [0.25, 0.3) is 0 Å². The Bertz CT molecular complexity index is 683. The molecule has 128 valence electrons. The number of carbonyl (C=O) groups excluding carboxylic acids is 2. The molecule has 0 unspecified atom stereocenters. The smallest absolute Gasteiger partial charge is 0.254 e. The van der Waals surface area contributed by atoms with Gasteiger partial charge in [0.15, 0.2) is 0 Å². The van der Waals surface area contributed by atoms with Gasteiger partial charge in [-0.1, -0.05) is 0 Å². The number of methoxy groups -OCH3 is 1. The second-order valence-corrected chi connectivity index (χ2v) is 7.00. The Morgan fingerprint density at radius 2 is 1.96 bits per heavy atom. The summed E-state index contributed by atoms with van der Waals surface area (Å²) in [6.07, 6.45) is 1.19. The van der Waals surface area contributed by atoms with E-state index in [9.17, 15) is 9.59 Å². The minimum Gasteiger partial charge on any atom is -0.497 e. The van der Waals surface area contributed by atoms with Gasteiger partial charge in [0.25, 0.3) is 5.91 Å². The van der Waals surface area contributed by atoms with Gasteiger partial charge >= 0.3 is 0 Å². The summed E-state index contributed by atoms with van der Waals surface area (Å²) in [6, 6.07) is 9.56. The molecule has 0 atom stereocenters. The van der Waals surface area contributed by atoms with Crippen molar-refractivity contribution in [2.75, 3.05) is 25.2 Å². The Kier molecular flexibility index (Phi) is 7.14. The normalized spacial score (nSPS) is 10.2. The van der Waals surface area contributed by atoms with Gasteiger partial charge in [-0.05, 0) is 47.9 Å². The average Bonchev–Trinajstić information content (AvgIpc) is 3.06. The lowest BCUT2D eigenvalue weighted by atomic mass is 10.3. The number of ether oxygens (including phenoxy) is 1. The zero-order chi connectivity index (χ0) is 17.4. The maximum absolute atomic E-state index is 12.0. The van der Waals surface area contributed by atoms with Crippen LogP contribution in [0.3, 0.4) is 0 Å². The van der Waals surface area contributed by atoms with Gasteiger partial charge in [-0.2, -0.15) is 0 Å². The number of amides is 2. The van der Waals surface area contributed by atoms with Crippen molar-refractivity contribution in [3.05, 3.63) is 41.3 Å². The zero-order valence-corrected chi connectivity index (χ0v) is 15.3. The minimum atomic E-state index is -0.193. The third-order valence-corrected chi connectivity index (χ3v) is 5.19. The molecule has 0 radical (unpaired) electrons. The molecule has 2 N–H and O–H groups in total. The van der Waals surface area contributed by atoms with E-state index in [1.807, 2.05) is 24.3 Å². The van der Waals surface area contributed by atoms with Gasteiger partial charge in [0.2, 0.25) is 5.91 Å². The molecule has 0 aliphatic carbocycles. The average molecular weight is 364 g/mol. The molecule has 0 spiro atoms. The lowest BCUT2D eigenvalue weighted by Crippen LogP contribution is -2.20. The summed E-state index contributed by atoms with van der Waals surface area (Å²) in [6.45, 7) is 0. The molecule has 1 aromatic heterocycles. The monoisotopic (exact) mass is 364 g/mol. The first-order valence-corrected chi connectivity index (χ1v) is 9.37. The summed E-state index contributed by atoms with van der Waals surface area (Å²) in [5.41, 5.74) is 0.503. The van der Waals surface area contributed by atoms with Crippen LogP contribution in [0.1, 0.15) is 23.2 Å². The molecule has 0 aliphatic rings. The first-order chi connectivity index (χ1) is 11.6. The van der Waals surface area contributed by atoms with E-state index >= 15 is 0 Å². The molecule has 0 saturated carbocycles. The molecule has 1 aromatic carbocycles. The molecule has 2 aromatic rings. The van der Waals surface area contributed by atoms with Crippen LogP contribution in [0.4, 0.5) is 5.00 Å². The minimum absolute atomic E-state index is 0.0714. The number of rotatable bonds is 8. The van der Waals surface area contributed by atoms with Crippen LogP contribution < -0.4 is 15.4 Å². The number of carbonyl (C=O) groups is 2. The molecular formula is C17H20N2O3S2. The third kappa shape index (κ3) is 5.28. The van der Waals surface area contributed by atoms with E-state index in [0.717, 1.165) is 22.8 Å². The number of hydrogen-bond donors (Lipinski definition) is 2. The Hall–Kier alpha value is -1.99. The van der Waals surface area contributed by atoms with Crippen LogP contribution in [0.2, 0.25) is 0 Å². The molecule has 0 aliphatic heterocycles. The van der Waals surface area contributed by atoms with Gasteiger partial charge < -0.3 is 15.4 Å². The summed E-state index contributed by atoms with van der Waals surface area (Å²) >= 11 is 3.06. The van der Waals surface area contributed by atoms with Crippen molar-refractivity contribution in [1.82, 2.24) is 5.32 Å². The predicted octanol–water partition coefficient (Wildman–Crippen LogP) is 3.63. The second-order valence-electron chi connectivity index (χ2n) is 4.92. The van der Waals surface area contributed by atoms with E-state index in [2.05, 4.69) is 10.6 Å². The number of thiophene rings is 1. The molecule has 0 fully saturated rings. The van der Waals surface area contributed by atoms with Crippen LogP contribution in [0.15, 0.2) is 40.6 Å². The lowest BCUT2D eigenvalue weighted by molar-refractivity contribution is -0.116. The van der Waals surface area contributed by atoms with Gasteiger partial charge in [-0.3, -0.25) is 9.59 Å². The molecule has 24 heavy (non-hydrogen) atoms. The van der Waals surface area contributed by atoms with Crippen LogP contribution >= 0.6 is 23.1 Å². The SMILES string of the molecule is CNC(=O)c1ccsc1NC(=O)CCCSc1ccc(OC)cc1. The van der Waals surface area contributed by atoms with Gasteiger partial charge in [0.1, 0.15) is 10.8 Å². The number of hydrogen-bond acceptors (Lipinski definition) is 5. The number of thioether (sulfide) groups is 1. The summed E-state index contributed by atoms with van der Waals surface area (Å²) < 4.78 is 5.12. The van der Waals surface area contributed by atoms with E-state index in [4.69, 9.17) is 4.74 Å². The molecule has 0 bridgehead atoms. The molecule has 2 rings (SSSR count). The molecular weight excluding hydrogens is 344 g/mol. The fraction of sp³-hybridized carbons (Fsp3) is 0.294. The summed E-state index contributed by atoms with van der Waals surface area (Å²) in [7, 11) is 3.21. The third-order valence-electron chi connectivity index (χ3n) is 3.27. The molecule has 1 heterocycles. The van der Waals surface area contributed by atoms with E-state index < -0.39 is 0 Å². The van der Waals surface area contributed by atoms with Crippen molar-refractivity contribution in [3.63, 3.8) is 0 Å². The molecule has 7 heteroatoms. The first kappa shape index (κ1) is 18.4. The lowest BCUT2D eigenvalue weighted by Gasteiger charge is -2.06. The van der Waals surface area contributed by atoms with Crippen LogP contribution in [0.5, 0.6) is 5.75 Å². The van der Waals surface area contributed by atoms with Crippen molar-refractivity contribution >= 4 is 39.9 Å². The molecule has 2 amide bonds. The number of nitrogens with one attached hydrogen (secondary N) is 2. The summed E-state index contributed by atoms with van der Waals surface area (Å²) in [4.78, 5) is 24.8. The highest BCUT2D eigenvalue weighted by Crippen LogP contribution is 2.24. The topological polar surface area (TPSA) is 67.4 Å². The maximum atomic E-state index is 12.0. The fourth-order valence-corrected chi connectivity index (χ4v) is 3.66. The van der Waals surface area contributed by atoms with E-state index in [1.165, 1.54) is 11.3 Å². The Labute approximate surface area is 149 Å². The van der Waals surface area contributed by atoms with Crippen molar-refractivity contribution in [2.45, 2.75) is 17.7 Å². The van der Waals surface area contributed by atoms with Gasteiger partial charge in [-0.25, -0.2) is 0 Å². The van der Waals surface area contributed by atoms with Crippen LogP contribution in [-0.2, 0) is 4.79 Å². The van der Waals surface area contributed by atoms with Crippen LogP contribution in [0, 0.1) is 0 Å². The summed E-state index contributed by atoms with van der Waals surface area (Å²) in [5, 5.41) is 7.77. The molecule has 0 saturated heterocycles. The van der Waals surface area contributed by atoms with Gasteiger partial charge in [0, 0.05) is 18.4 Å². The number of anilines is 1. The van der Waals surface area contributed by atoms with Crippen molar-refractivity contribution in [1.29, 1.82) is 0 Å². The van der Waals surface area contributed by atoms with Crippen molar-refractivity contribution in [2.24, 2.45) is 0 Å². The van der Waals surface area contributed by atoms with E-state index in [1.54, 1.807) is 37.4 Å². The standard InChI is InChI=1S/C17H20N2O3S2/c1-18-16(21)14-9-11-24-17(14)19-15(20)4-3-10-23-13-7-5-12(22-2)6-8-13/h5-9,11H,3-4,10H2,1-2H3,(H,18,21)(H,19,20). The fourth-order valence-electron chi connectivity index (χ4n) is 2.00. The largest absolute Gasteiger partial charge is 0.497 e. The van der Waals surface area contributed by atoms with E-state index in [0.29, 0.717) is 17.0 Å². The molecule has 5 nitrogen and oxygen atoms in total. The zero-order valence-electron chi connectivity index (χ0n) is 13.6. The van der Waals surface area contributed by atoms with Crippen molar-refractivity contribution in [3.8, 4) is 5.75 Å². The van der Waals surface area contributed by atoms with E-state index in [-0.39, 0.29) is 11.8 Å². The predicted molar refractivity (Wildman–Crippen MR) is 99.3 cm³/mol. The highest BCUT2D eigenvalue weighted by Gasteiger charge is 2.13.